The summed E-state index contributed by atoms with van der Waals surface area (Å²) in [7, 11) is 0. The van der Waals surface area contributed by atoms with E-state index < -0.39 is 0 Å². The van der Waals surface area contributed by atoms with Gasteiger partial charge in [0, 0.05) is 21.6 Å². The molecule has 0 aliphatic heterocycles. The van der Waals surface area contributed by atoms with Crippen LogP contribution in [0.4, 0.5) is 0 Å². The fourth-order valence-electron chi connectivity index (χ4n) is 8.41. The van der Waals surface area contributed by atoms with E-state index in [-0.39, 0.29) is 10.8 Å². The first-order chi connectivity index (χ1) is 19.9. The van der Waals surface area contributed by atoms with Crippen LogP contribution in [-0.4, -0.2) is 4.57 Å². The predicted molar refractivity (Wildman–Crippen MR) is 173 cm³/mol. The Morgan fingerprint density at radius 1 is 0.439 bits per heavy atom. The lowest BCUT2D eigenvalue weighted by molar-refractivity contribution is 0.656. The highest BCUT2D eigenvalue weighted by Gasteiger charge is 2.39. The summed E-state index contributed by atoms with van der Waals surface area (Å²) in [5, 5.41) is 5.39. The van der Waals surface area contributed by atoms with Crippen molar-refractivity contribution < 1.29 is 0 Å². The normalized spacial score (nSPS) is 15.7. The van der Waals surface area contributed by atoms with Crippen LogP contribution < -0.4 is 0 Å². The van der Waals surface area contributed by atoms with Gasteiger partial charge in [-0.15, -0.1) is 0 Å². The van der Waals surface area contributed by atoms with Crippen LogP contribution in [0.15, 0.2) is 115 Å². The third-order valence-corrected chi connectivity index (χ3v) is 10.1. The van der Waals surface area contributed by atoms with Gasteiger partial charge in [0.1, 0.15) is 0 Å². The lowest BCUT2D eigenvalue weighted by Gasteiger charge is -2.25. The van der Waals surface area contributed by atoms with Crippen molar-refractivity contribution in [1.82, 2.24) is 4.57 Å². The lowest BCUT2D eigenvalue weighted by Crippen LogP contribution is -2.18. The van der Waals surface area contributed by atoms with Crippen LogP contribution in [-0.2, 0) is 10.8 Å². The SMILES string of the molecule is CC1(C)c2ccccc2-c2cccc(-n3c4ccccc4c4c5c6c(ccc5ccc43)-c3ccccc3C6(C)C)c21. The van der Waals surface area contributed by atoms with Gasteiger partial charge in [0.2, 0.25) is 0 Å². The number of benzene rings is 6. The van der Waals surface area contributed by atoms with Gasteiger partial charge in [0.05, 0.1) is 16.7 Å². The number of hydrogen-bond acceptors (Lipinski definition) is 0. The van der Waals surface area contributed by atoms with Gasteiger partial charge in [-0.25, -0.2) is 0 Å². The molecular formula is C40H31N. The van der Waals surface area contributed by atoms with Gasteiger partial charge in [-0.1, -0.05) is 125 Å². The monoisotopic (exact) mass is 525 g/mol. The molecule has 41 heavy (non-hydrogen) atoms. The second-order valence-electron chi connectivity index (χ2n) is 12.9. The van der Waals surface area contributed by atoms with Crippen molar-refractivity contribution >= 4 is 32.6 Å². The van der Waals surface area contributed by atoms with Crippen molar-refractivity contribution in [2.75, 3.05) is 0 Å². The average molecular weight is 526 g/mol. The van der Waals surface area contributed by atoms with E-state index in [4.69, 9.17) is 0 Å². The maximum atomic E-state index is 2.55. The van der Waals surface area contributed by atoms with Crippen molar-refractivity contribution in [3.05, 3.63) is 138 Å². The van der Waals surface area contributed by atoms with Gasteiger partial charge >= 0.3 is 0 Å². The number of nitrogens with zero attached hydrogens (tertiary/aromatic N) is 1. The third kappa shape index (κ3) is 2.72. The van der Waals surface area contributed by atoms with Gasteiger partial charge in [0.25, 0.3) is 0 Å². The summed E-state index contributed by atoms with van der Waals surface area (Å²) in [6.45, 7) is 9.58. The van der Waals surface area contributed by atoms with Crippen LogP contribution in [0, 0.1) is 0 Å². The molecule has 0 N–H and O–H groups in total. The molecule has 0 unspecified atom stereocenters. The van der Waals surface area contributed by atoms with Crippen LogP contribution in [0.2, 0.25) is 0 Å². The third-order valence-electron chi connectivity index (χ3n) is 10.1. The Bertz CT molecular complexity index is 2260. The summed E-state index contributed by atoms with van der Waals surface area (Å²) in [6, 6.07) is 43.2. The van der Waals surface area contributed by atoms with E-state index in [0.717, 1.165) is 0 Å². The summed E-state index contributed by atoms with van der Waals surface area (Å²) >= 11 is 0. The second-order valence-corrected chi connectivity index (χ2v) is 12.9. The summed E-state index contributed by atoms with van der Waals surface area (Å²) in [5.74, 6) is 0. The Labute approximate surface area is 240 Å². The van der Waals surface area contributed by atoms with Crippen LogP contribution >= 0.6 is 0 Å². The first-order valence-electron chi connectivity index (χ1n) is 14.7. The maximum Gasteiger partial charge on any atom is 0.0547 e. The minimum absolute atomic E-state index is 0.0828. The average Bonchev–Trinajstić information content (AvgIpc) is 3.55. The van der Waals surface area contributed by atoms with Crippen LogP contribution in [0.25, 0.3) is 60.5 Å². The standard InChI is InChI=1S/C40H31N/c1-39(2)30-16-8-5-12-25(30)27-15-11-19-34(37(27)39)41-32-18-10-7-14-29(32)36-33(41)23-21-24-20-22-28-26-13-6-9-17-31(26)40(3,4)38(28)35(24)36/h5-23H,1-4H3. The molecule has 9 rings (SSSR count). The van der Waals surface area contributed by atoms with Crippen LogP contribution in [0.1, 0.15) is 49.9 Å². The van der Waals surface area contributed by atoms with Crippen molar-refractivity contribution in [2.24, 2.45) is 0 Å². The Morgan fingerprint density at radius 2 is 1.02 bits per heavy atom. The highest BCUT2D eigenvalue weighted by molar-refractivity contribution is 6.24. The fraction of sp³-hybridized carbons (Fsp3) is 0.150. The zero-order valence-electron chi connectivity index (χ0n) is 23.9. The Morgan fingerprint density at radius 3 is 1.78 bits per heavy atom. The first kappa shape index (κ1) is 23.1. The van der Waals surface area contributed by atoms with Gasteiger partial charge in [0.15, 0.2) is 0 Å². The molecule has 196 valence electrons. The number of aromatic nitrogens is 1. The molecule has 2 aliphatic carbocycles. The predicted octanol–water partition coefficient (Wildman–Crippen LogP) is 10.5. The van der Waals surface area contributed by atoms with Crippen molar-refractivity contribution in [2.45, 2.75) is 38.5 Å². The quantitative estimate of drug-likeness (QED) is 0.201. The largest absolute Gasteiger partial charge is 0.309 e. The van der Waals surface area contributed by atoms with E-state index >= 15 is 0 Å². The van der Waals surface area contributed by atoms with Crippen LogP contribution in [0.5, 0.6) is 0 Å². The lowest BCUT2D eigenvalue weighted by atomic mass is 9.79. The fourth-order valence-corrected chi connectivity index (χ4v) is 8.41. The van der Waals surface area contributed by atoms with Gasteiger partial charge in [-0.2, -0.15) is 0 Å². The minimum Gasteiger partial charge on any atom is -0.309 e. The van der Waals surface area contributed by atoms with Crippen LogP contribution in [0.3, 0.4) is 0 Å². The minimum atomic E-state index is -0.0953. The molecular weight excluding hydrogens is 494 g/mol. The molecule has 2 aliphatic rings. The molecule has 1 nitrogen and oxygen atoms in total. The number of hydrogen-bond donors (Lipinski definition) is 0. The van der Waals surface area contributed by atoms with E-state index in [1.165, 1.54) is 82.8 Å². The summed E-state index contributed by atoms with van der Waals surface area (Å²) in [5.41, 5.74) is 14.8. The molecule has 0 bridgehead atoms. The molecule has 1 aromatic heterocycles. The van der Waals surface area contributed by atoms with Crippen molar-refractivity contribution in [3.63, 3.8) is 0 Å². The topological polar surface area (TPSA) is 4.93 Å². The number of fused-ring (bicyclic) bond motifs is 12. The summed E-state index contributed by atoms with van der Waals surface area (Å²) < 4.78 is 2.55. The zero-order valence-corrected chi connectivity index (χ0v) is 23.9. The summed E-state index contributed by atoms with van der Waals surface area (Å²) in [6.07, 6.45) is 0. The molecule has 1 heteroatoms. The first-order valence-corrected chi connectivity index (χ1v) is 14.7. The van der Waals surface area contributed by atoms with E-state index in [1.54, 1.807) is 0 Å². The molecule has 0 fully saturated rings. The zero-order chi connectivity index (χ0) is 27.7. The molecule has 1 heterocycles. The van der Waals surface area contributed by atoms with Crippen molar-refractivity contribution in [1.29, 1.82) is 0 Å². The molecule has 0 amide bonds. The Kier molecular flexibility index (Phi) is 4.26. The van der Waals surface area contributed by atoms with E-state index in [0.29, 0.717) is 0 Å². The number of para-hydroxylation sites is 1. The Balaban J connectivity index is 1.45. The number of rotatable bonds is 1. The molecule has 0 atom stereocenters. The highest BCUT2D eigenvalue weighted by atomic mass is 15.0. The molecule has 0 saturated carbocycles. The Hall–Kier alpha value is -4.62. The molecule has 0 radical (unpaired) electrons. The highest BCUT2D eigenvalue weighted by Crippen LogP contribution is 2.55. The van der Waals surface area contributed by atoms with E-state index in [2.05, 4.69) is 148 Å². The second kappa shape index (κ2) is 7.56. The molecule has 7 aromatic rings. The maximum absolute atomic E-state index is 2.55. The van der Waals surface area contributed by atoms with E-state index in [1.807, 2.05) is 0 Å². The summed E-state index contributed by atoms with van der Waals surface area (Å²) in [4.78, 5) is 0. The van der Waals surface area contributed by atoms with E-state index in [9.17, 15) is 0 Å². The van der Waals surface area contributed by atoms with Crippen molar-refractivity contribution in [3.8, 4) is 27.9 Å². The molecule has 0 spiro atoms. The van der Waals surface area contributed by atoms with Gasteiger partial charge < -0.3 is 4.57 Å². The smallest absolute Gasteiger partial charge is 0.0547 e. The molecule has 6 aromatic carbocycles. The van der Waals surface area contributed by atoms with Gasteiger partial charge in [-0.3, -0.25) is 0 Å². The van der Waals surface area contributed by atoms with Gasteiger partial charge in [-0.05, 0) is 73.5 Å². The molecule has 0 saturated heterocycles.